The Balaban J connectivity index is 2.44. The minimum atomic E-state index is -4.78. The Labute approximate surface area is 168 Å². The summed E-state index contributed by atoms with van der Waals surface area (Å²) >= 11 is 0. The van der Waals surface area contributed by atoms with Crippen molar-refractivity contribution in [1.29, 1.82) is 0 Å². The largest absolute Gasteiger partial charge is 0.573 e. The summed E-state index contributed by atoms with van der Waals surface area (Å²) < 4.78 is 52.7. The second kappa shape index (κ2) is 9.67. The molecule has 0 aliphatic carbocycles. The maximum atomic E-state index is 12.5. The highest BCUT2D eigenvalue weighted by Gasteiger charge is 2.31. The van der Waals surface area contributed by atoms with Crippen LogP contribution in [0.15, 0.2) is 18.2 Å². The Hall–Kier alpha value is -2.71. The van der Waals surface area contributed by atoms with E-state index in [0.717, 1.165) is 19.3 Å². The molecule has 0 saturated heterocycles. The Morgan fingerprint density at radius 2 is 1.90 bits per heavy atom. The lowest BCUT2D eigenvalue weighted by atomic mass is 10.1. The van der Waals surface area contributed by atoms with Gasteiger partial charge in [0.25, 0.3) is 5.88 Å². The van der Waals surface area contributed by atoms with Crippen LogP contribution in [0.2, 0.25) is 0 Å². The van der Waals surface area contributed by atoms with Crippen molar-refractivity contribution in [3.05, 3.63) is 23.9 Å². The van der Waals surface area contributed by atoms with Crippen LogP contribution in [0.25, 0.3) is 11.3 Å². The van der Waals surface area contributed by atoms with Crippen LogP contribution in [0.4, 0.5) is 19.0 Å². The fraction of sp³-hybridized carbons (Fsp3) is 0.500. The number of rotatable bonds is 9. The summed E-state index contributed by atoms with van der Waals surface area (Å²) in [5.41, 5.74) is 1.53. The van der Waals surface area contributed by atoms with Gasteiger partial charge in [0, 0.05) is 18.7 Å². The number of nitrogens with zero attached hydrogens (tertiary/aromatic N) is 2. The van der Waals surface area contributed by atoms with E-state index < -0.39 is 6.36 Å². The van der Waals surface area contributed by atoms with Crippen molar-refractivity contribution in [2.45, 2.75) is 52.5 Å². The standard InChI is InChI=1S/C20H26F3N3O3/c1-6-8-13(7-2)28-19-18(24-4)26-17(12(3)25-19)15-10-9-14(11-16(15)27-5)29-20(21,22)23/h9-11,13H,6-8H2,1-5H3,(H,24,26). The number of halogens is 3. The van der Waals surface area contributed by atoms with Crippen molar-refractivity contribution in [1.82, 2.24) is 9.97 Å². The number of methoxy groups -OCH3 is 1. The van der Waals surface area contributed by atoms with E-state index in [4.69, 9.17) is 9.47 Å². The molecule has 0 fully saturated rings. The lowest BCUT2D eigenvalue weighted by Gasteiger charge is -2.19. The Morgan fingerprint density at radius 3 is 2.45 bits per heavy atom. The van der Waals surface area contributed by atoms with Crippen LogP contribution in [0.1, 0.15) is 38.8 Å². The summed E-state index contributed by atoms with van der Waals surface area (Å²) in [7, 11) is 3.07. The van der Waals surface area contributed by atoms with Gasteiger partial charge in [0.1, 0.15) is 17.6 Å². The molecule has 0 saturated carbocycles. The van der Waals surface area contributed by atoms with E-state index >= 15 is 0 Å². The first-order valence-electron chi connectivity index (χ1n) is 9.39. The molecule has 1 heterocycles. The zero-order valence-corrected chi connectivity index (χ0v) is 17.2. The molecule has 0 radical (unpaired) electrons. The summed E-state index contributed by atoms with van der Waals surface area (Å²) in [5, 5.41) is 2.97. The summed E-state index contributed by atoms with van der Waals surface area (Å²) in [4.78, 5) is 9.11. The maximum absolute atomic E-state index is 12.5. The van der Waals surface area contributed by atoms with E-state index in [1.165, 1.54) is 25.3 Å². The Bertz CT molecular complexity index is 829. The van der Waals surface area contributed by atoms with Crippen molar-refractivity contribution in [3.8, 4) is 28.6 Å². The van der Waals surface area contributed by atoms with E-state index in [1.807, 2.05) is 6.92 Å². The third-order valence-corrected chi connectivity index (χ3v) is 4.28. The first-order chi connectivity index (χ1) is 13.7. The van der Waals surface area contributed by atoms with Gasteiger partial charge in [-0.1, -0.05) is 20.3 Å². The molecule has 0 bridgehead atoms. The maximum Gasteiger partial charge on any atom is 0.573 e. The number of benzene rings is 1. The van der Waals surface area contributed by atoms with Crippen LogP contribution >= 0.6 is 0 Å². The van der Waals surface area contributed by atoms with Gasteiger partial charge < -0.3 is 19.5 Å². The molecule has 29 heavy (non-hydrogen) atoms. The molecule has 1 aromatic carbocycles. The molecule has 1 aromatic heterocycles. The van der Waals surface area contributed by atoms with Crippen molar-refractivity contribution >= 4 is 5.82 Å². The average molecular weight is 413 g/mol. The van der Waals surface area contributed by atoms with E-state index in [0.29, 0.717) is 28.6 Å². The van der Waals surface area contributed by atoms with Crippen LogP contribution in [0, 0.1) is 6.92 Å². The van der Waals surface area contributed by atoms with Gasteiger partial charge in [-0.15, -0.1) is 13.2 Å². The Morgan fingerprint density at radius 1 is 1.17 bits per heavy atom. The topological polar surface area (TPSA) is 65.5 Å². The molecule has 0 amide bonds. The quantitative estimate of drug-likeness (QED) is 0.597. The number of ether oxygens (including phenoxy) is 3. The molecular formula is C20H26F3N3O3. The van der Waals surface area contributed by atoms with Gasteiger partial charge in [-0.25, -0.2) is 9.97 Å². The number of hydrogen-bond acceptors (Lipinski definition) is 6. The predicted molar refractivity (Wildman–Crippen MR) is 105 cm³/mol. The smallest absolute Gasteiger partial charge is 0.496 e. The molecule has 2 rings (SSSR count). The van der Waals surface area contributed by atoms with Crippen molar-refractivity contribution in [2.75, 3.05) is 19.5 Å². The molecule has 2 aromatic rings. The van der Waals surface area contributed by atoms with E-state index in [1.54, 1.807) is 14.0 Å². The van der Waals surface area contributed by atoms with Gasteiger partial charge >= 0.3 is 6.36 Å². The lowest BCUT2D eigenvalue weighted by molar-refractivity contribution is -0.274. The zero-order chi connectivity index (χ0) is 21.6. The van der Waals surface area contributed by atoms with Gasteiger partial charge in [0.15, 0.2) is 5.82 Å². The summed E-state index contributed by atoms with van der Waals surface area (Å²) in [6.45, 7) is 5.89. The van der Waals surface area contributed by atoms with E-state index in [9.17, 15) is 13.2 Å². The zero-order valence-electron chi connectivity index (χ0n) is 17.2. The third-order valence-electron chi connectivity index (χ3n) is 4.28. The highest BCUT2D eigenvalue weighted by molar-refractivity contribution is 5.72. The minimum Gasteiger partial charge on any atom is -0.496 e. The minimum absolute atomic E-state index is 0.0278. The number of aryl methyl sites for hydroxylation is 1. The number of nitrogens with one attached hydrogen (secondary N) is 1. The fourth-order valence-corrected chi connectivity index (χ4v) is 2.89. The lowest BCUT2D eigenvalue weighted by Crippen LogP contribution is -2.18. The molecule has 1 N–H and O–H groups in total. The van der Waals surface area contributed by atoms with Crippen LogP contribution in [-0.2, 0) is 0 Å². The van der Waals surface area contributed by atoms with Gasteiger partial charge in [-0.2, -0.15) is 0 Å². The first kappa shape index (κ1) is 22.6. The number of anilines is 1. The number of aromatic nitrogens is 2. The first-order valence-corrected chi connectivity index (χ1v) is 9.39. The molecule has 0 aliphatic rings. The van der Waals surface area contributed by atoms with Gasteiger partial charge in [-0.3, -0.25) is 0 Å². The van der Waals surface area contributed by atoms with Crippen LogP contribution in [0.5, 0.6) is 17.4 Å². The van der Waals surface area contributed by atoms with E-state index in [2.05, 4.69) is 26.9 Å². The molecule has 1 atom stereocenters. The monoisotopic (exact) mass is 413 g/mol. The molecule has 0 aliphatic heterocycles. The van der Waals surface area contributed by atoms with Crippen molar-refractivity contribution < 1.29 is 27.4 Å². The van der Waals surface area contributed by atoms with Gasteiger partial charge in [-0.05, 0) is 31.9 Å². The third kappa shape index (κ3) is 5.88. The molecule has 6 nitrogen and oxygen atoms in total. The average Bonchev–Trinajstić information content (AvgIpc) is 2.66. The summed E-state index contributed by atoms with van der Waals surface area (Å²) in [6.07, 6.45) is -2.03. The second-order valence-corrected chi connectivity index (χ2v) is 6.41. The Kier molecular flexibility index (Phi) is 7.53. The summed E-state index contributed by atoms with van der Waals surface area (Å²) in [6, 6.07) is 3.84. The van der Waals surface area contributed by atoms with Crippen LogP contribution in [-0.4, -0.2) is 36.6 Å². The highest BCUT2D eigenvalue weighted by Crippen LogP contribution is 2.37. The predicted octanol–water partition coefficient (Wildman–Crippen LogP) is 5.36. The normalized spacial score (nSPS) is 12.4. The molecule has 0 spiro atoms. The number of hydrogen-bond donors (Lipinski definition) is 1. The molecule has 160 valence electrons. The van der Waals surface area contributed by atoms with Crippen molar-refractivity contribution in [3.63, 3.8) is 0 Å². The number of alkyl halides is 3. The molecular weight excluding hydrogens is 387 g/mol. The second-order valence-electron chi connectivity index (χ2n) is 6.41. The SMILES string of the molecule is CCCC(CC)Oc1nc(C)c(-c2ccc(OC(F)(F)F)cc2OC)nc1NC. The fourth-order valence-electron chi connectivity index (χ4n) is 2.89. The summed E-state index contributed by atoms with van der Waals surface area (Å²) in [5.74, 6) is 0.656. The van der Waals surface area contributed by atoms with Crippen LogP contribution in [0.3, 0.4) is 0 Å². The molecule has 9 heteroatoms. The van der Waals surface area contributed by atoms with Gasteiger partial charge in [0.05, 0.1) is 18.5 Å². The molecule has 1 unspecified atom stereocenters. The van der Waals surface area contributed by atoms with Gasteiger partial charge in [0.2, 0.25) is 0 Å². The van der Waals surface area contributed by atoms with Crippen LogP contribution < -0.4 is 19.5 Å². The highest BCUT2D eigenvalue weighted by atomic mass is 19.4. The van der Waals surface area contributed by atoms with E-state index in [-0.39, 0.29) is 17.6 Å². The van der Waals surface area contributed by atoms with Crippen molar-refractivity contribution in [2.24, 2.45) is 0 Å².